The van der Waals surface area contributed by atoms with E-state index in [2.05, 4.69) is 29.4 Å². The van der Waals surface area contributed by atoms with Crippen LogP contribution in [0, 0.1) is 5.92 Å². The van der Waals surface area contributed by atoms with Crippen molar-refractivity contribution in [2.24, 2.45) is 5.92 Å². The first kappa shape index (κ1) is 11.1. The summed E-state index contributed by atoms with van der Waals surface area (Å²) in [6, 6.07) is 3.81. The Bertz CT molecular complexity index is 422. The summed E-state index contributed by atoms with van der Waals surface area (Å²) in [6.45, 7) is 5.01. The van der Waals surface area contributed by atoms with Gasteiger partial charge in [-0.25, -0.2) is 0 Å². The highest BCUT2D eigenvalue weighted by molar-refractivity contribution is 7.15. The summed E-state index contributed by atoms with van der Waals surface area (Å²) in [5.41, 5.74) is 0. The van der Waals surface area contributed by atoms with Gasteiger partial charge in [0.1, 0.15) is 10.8 Å². The molecule has 0 aliphatic rings. The van der Waals surface area contributed by atoms with Crippen LogP contribution in [0.3, 0.4) is 0 Å². The molecular weight excluding hydrogens is 222 g/mol. The molecule has 0 atom stereocenters. The molecule has 2 aromatic rings. The Kier molecular flexibility index (Phi) is 3.56. The van der Waals surface area contributed by atoms with Crippen molar-refractivity contribution in [3.63, 3.8) is 0 Å². The van der Waals surface area contributed by atoms with Gasteiger partial charge in [0, 0.05) is 6.42 Å². The van der Waals surface area contributed by atoms with E-state index < -0.39 is 0 Å². The molecule has 0 bridgehead atoms. The van der Waals surface area contributed by atoms with Crippen LogP contribution < -0.4 is 5.32 Å². The number of aromatic nitrogens is 2. The second-order valence-corrected chi connectivity index (χ2v) is 5.09. The van der Waals surface area contributed by atoms with Crippen molar-refractivity contribution in [1.29, 1.82) is 0 Å². The average molecular weight is 237 g/mol. The lowest BCUT2D eigenvalue weighted by Gasteiger charge is -1.98. The lowest BCUT2D eigenvalue weighted by Crippen LogP contribution is -1.96. The minimum atomic E-state index is 0.617. The van der Waals surface area contributed by atoms with Crippen molar-refractivity contribution in [2.45, 2.75) is 26.8 Å². The Hall–Kier alpha value is -1.36. The average Bonchev–Trinajstić information content (AvgIpc) is 2.84. The number of hydrogen-bond acceptors (Lipinski definition) is 5. The summed E-state index contributed by atoms with van der Waals surface area (Å²) >= 11 is 1.61. The Balaban J connectivity index is 1.88. The first-order valence-electron chi connectivity index (χ1n) is 5.32. The fourth-order valence-electron chi connectivity index (χ4n) is 1.33. The fraction of sp³-hybridized carbons (Fsp3) is 0.455. The monoisotopic (exact) mass is 237 g/mol. The summed E-state index contributed by atoms with van der Waals surface area (Å²) in [6.07, 6.45) is 2.65. The highest BCUT2D eigenvalue weighted by Crippen LogP contribution is 2.18. The summed E-state index contributed by atoms with van der Waals surface area (Å²) in [5.74, 6) is 1.52. The van der Waals surface area contributed by atoms with Gasteiger partial charge in [-0.2, -0.15) is 0 Å². The van der Waals surface area contributed by atoms with Crippen LogP contribution in [0.4, 0.5) is 5.13 Å². The van der Waals surface area contributed by atoms with E-state index in [0.29, 0.717) is 12.5 Å². The van der Waals surface area contributed by atoms with Crippen molar-refractivity contribution in [3.05, 3.63) is 29.2 Å². The highest BCUT2D eigenvalue weighted by Gasteiger charge is 2.06. The van der Waals surface area contributed by atoms with Crippen LogP contribution in [0.1, 0.15) is 24.6 Å². The van der Waals surface area contributed by atoms with Gasteiger partial charge in [0.05, 0.1) is 12.8 Å². The largest absolute Gasteiger partial charge is 0.467 e. The van der Waals surface area contributed by atoms with Gasteiger partial charge in [-0.15, -0.1) is 10.2 Å². The first-order chi connectivity index (χ1) is 7.74. The normalized spacial score (nSPS) is 10.9. The molecule has 16 heavy (non-hydrogen) atoms. The molecule has 0 unspecified atom stereocenters. The zero-order valence-corrected chi connectivity index (χ0v) is 10.3. The quantitative estimate of drug-likeness (QED) is 0.868. The molecule has 0 radical (unpaired) electrons. The van der Waals surface area contributed by atoms with Crippen LogP contribution in [0.2, 0.25) is 0 Å². The van der Waals surface area contributed by atoms with Crippen molar-refractivity contribution in [1.82, 2.24) is 10.2 Å². The minimum absolute atomic E-state index is 0.617. The molecule has 1 N–H and O–H groups in total. The van der Waals surface area contributed by atoms with E-state index in [4.69, 9.17) is 4.42 Å². The molecule has 0 saturated heterocycles. The zero-order chi connectivity index (χ0) is 11.4. The Labute approximate surface area is 98.7 Å². The molecular formula is C11H15N3OS. The van der Waals surface area contributed by atoms with Crippen LogP contribution in [0.25, 0.3) is 0 Å². The topological polar surface area (TPSA) is 51.0 Å². The van der Waals surface area contributed by atoms with E-state index in [1.165, 1.54) is 0 Å². The van der Waals surface area contributed by atoms with E-state index in [0.717, 1.165) is 22.3 Å². The van der Waals surface area contributed by atoms with Gasteiger partial charge in [-0.05, 0) is 18.1 Å². The van der Waals surface area contributed by atoms with Gasteiger partial charge in [0.25, 0.3) is 0 Å². The van der Waals surface area contributed by atoms with E-state index in [-0.39, 0.29) is 0 Å². The zero-order valence-electron chi connectivity index (χ0n) is 9.43. The van der Waals surface area contributed by atoms with Crippen molar-refractivity contribution >= 4 is 16.5 Å². The van der Waals surface area contributed by atoms with Gasteiger partial charge in [0.2, 0.25) is 5.13 Å². The van der Waals surface area contributed by atoms with Crippen molar-refractivity contribution in [3.8, 4) is 0 Å². The number of furan rings is 1. The number of rotatable bonds is 5. The van der Waals surface area contributed by atoms with Crippen molar-refractivity contribution < 1.29 is 4.42 Å². The maximum atomic E-state index is 5.22. The van der Waals surface area contributed by atoms with Gasteiger partial charge in [-0.1, -0.05) is 25.2 Å². The third-order valence-corrected chi connectivity index (χ3v) is 2.95. The Morgan fingerprint density at radius 3 is 3.00 bits per heavy atom. The SMILES string of the molecule is CC(C)Cc1nnc(NCc2ccco2)s1. The van der Waals surface area contributed by atoms with E-state index in [9.17, 15) is 0 Å². The first-order valence-corrected chi connectivity index (χ1v) is 6.14. The molecule has 86 valence electrons. The molecule has 0 amide bonds. The Morgan fingerprint density at radius 1 is 1.44 bits per heavy atom. The van der Waals surface area contributed by atoms with Crippen LogP contribution in [-0.2, 0) is 13.0 Å². The van der Waals surface area contributed by atoms with Crippen LogP contribution in [0.5, 0.6) is 0 Å². The van der Waals surface area contributed by atoms with Crippen LogP contribution >= 0.6 is 11.3 Å². The van der Waals surface area contributed by atoms with E-state index in [1.807, 2.05) is 12.1 Å². The molecule has 0 saturated carbocycles. The van der Waals surface area contributed by atoms with Gasteiger partial charge in [0.15, 0.2) is 0 Å². The van der Waals surface area contributed by atoms with Gasteiger partial charge >= 0.3 is 0 Å². The molecule has 0 spiro atoms. The summed E-state index contributed by atoms with van der Waals surface area (Å²) in [7, 11) is 0. The molecule has 0 aliphatic heterocycles. The number of anilines is 1. The maximum absolute atomic E-state index is 5.22. The number of nitrogens with one attached hydrogen (secondary N) is 1. The molecule has 5 heteroatoms. The second-order valence-electron chi connectivity index (χ2n) is 4.03. The van der Waals surface area contributed by atoms with Crippen molar-refractivity contribution in [2.75, 3.05) is 5.32 Å². The summed E-state index contributed by atoms with van der Waals surface area (Å²) in [5, 5.41) is 13.3. The minimum Gasteiger partial charge on any atom is -0.467 e. The molecule has 2 aromatic heterocycles. The standard InChI is InChI=1S/C11H15N3OS/c1-8(2)6-10-13-14-11(16-10)12-7-9-4-3-5-15-9/h3-5,8H,6-7H2,1-2H3,(H,12,14). The lowest BCUT2D eigenvalue weighted by atomic mass is 10.1. The van der Waals surface area contributed by atoms with E-state index >= 15 is 0 Å². The third-order valence-electron chi connectivity index (χ3n) is 2.04. The fourth-order valence-corrected chi connectivity index (χ4v) is 2.28. The van der Waals surface area contributed by atoms with Crippen LogP contribution in [0.15, 0.2) is 22.8 Å². The maximum Gasteiger partial charge on any atom is 0.206 e. The molecule has 4 nitrogen and oxygen atoms in total. The molecule has 0 aromatic carbocycles. The third kappa shape index (κ3) is 3.06. The molecule has 2 rings (SSSR count). The predicted molar refractivity (Wildman–Crippen MR) is 64.5 cm³/mol. The molecule has 2 heterocycles. The highest BCUT2D eigenvalue weighted by atomic mass is 32.1. The van der Waals surface area contributed by atoms with Gasteiger partial charge in [-0.3, -0.25) is 0 Å². The number of nitrogens with zero attached hydrogens (tertiary/aromatic N) is 2. The van der Waals surface area contributed by atoms with E-state index in [1.54, 1.807) is 17.6 Å². The lowest BCUT2D eigenvalue weighted by molar-refractivity contribution is 0.518. The van der Waals surface area contributed by atoms with Gasteiger partial charge < -0.3 is 9.73 Å². The van der Waals surface area contributed by atoms with Crippen LogP contribution in [-0.4, -0.2) is 10.2 Å². The predicted octanol–water partition coefficient (Wildman–Crippen LogP) is 2.94. The smallest absolute Gasteiger partial charge is 0.206 e. The second kappa shape index (κ2) is 5.12. The number of hydrogen-bond donors (Lipinski definition) is 1. The summed E-state index contributed by atoms with van der Waals surface area (Å²) in [4.78, 5) is 0. The molecule has 0 aliphatic carbocycles. The Morgan fingerprint density at radius 2 is 2.31 bits per heavy atom. The summed E-state index contributed by atoms with van der Waals surface area (Å²) < 4.78 is 5.22. The molecule has 0 fully saturated rings.